The highest BCUT2D eigenvalue weighted by molar-refractivity contribution is 6.28. The van der Waals surface area contributed by atoms with Gasteiger partial charge in [-0.05, 0) is 30.9 Å². The van der Waals surface area contributed by atoms with E-state index >= 15 is 0 Å². The van der Waals surface area contributed by atoms with Gasteiger partial charge in [-0.2, -0.15) is 0 Å². The molecule has 0 aliphatic rings. The largest absolute Gasteiger partial charge is 0.298 e. The molecule has 0 atom stereocenters. The van der Waals surface area contributed by atoms with Crippen molar-refractivity contribution in [3.05, 3.63) is 11.6 Å². The number of nitrogens with zero attached hydrogens (tertiary/aromatic N) is 3. The second-order valence-corrected chi connectivity index (χ2v) is 5.12. The molecule has 13 heavy (non-hydrogen) atoms. The molecule has 0 saturated heterocycles. The third kappa shape index (κ3) is 1.70. The number of aromatic nitrogens is 3. The van der Waals surface area contributed by atoms with Crippen molar-refractivity contribution in [3.8, 4) is 0 Å². The van der Waals surface area contributed by atoms with Gasteiger partial charge in [-0.15, -0.1) is 10.2 Å². The first-order valence-electron chi connectivity index (χ1n) is 4.33. The number of halogens is 1. The monoisotopic (exact) mass is 201 g/mol. The summed E-state index contributed by atoms with van der Waals surface area (Å²) in [7, 11) is 0. The SMILES string of the molecule is CC(C)(C)C(C)(C)n1cnnc1Cl. The molecule has 1 aromatic rings. The second-order valence-electron chi connectivity index (χ2n) is 4.78. The Morgan fingerprint density at radius 2 is 1.77 bits per heavy atom. The van der Waals surface area contributed by atoms with Crippen molar-refractivity contribution in [2.45, 2.75) is 40.2 Å². The van der Waals surface area contributed by atoms with E-state index in [-0.39, 0.29) is 11.0 Å². The number of rotatable bonds is 1. The highest BCUT2D eigenvalue weighted by atomic mass is 35.5. The van der Waals surface area contributed by atoms with Gasteiger partial charge in [0.05, 0.1) is 0 Å². The zero-order chi connectivity index (χ0) is 10.3. The summed E-state index contributed by atoms with van der Waals surface area (Å²) in [6.45, 7) is 10.8. The smallest absolute Gasteiger partial charge is 0.225 e. The maximum Gasteiger partial charge on any atom is 0.225 e. The van der Waals surface area contributed by atoms with Gasteiger partial charge in [-0.3, -0.25) is 4.57 Å². The molecule has 0 N–H and O–H groups in total. The van der Waals surface area contributed by atoms with Gasteiger partial charge in [0, 0.05) is 5.54 Å². The lowest BCUT2D eigenvalue weighted by atomic mass is 9.76. The Morgan fingerprint density at radius 3 is 2.08 bits per heavy atom. The molecule has 0 aliphatic carbocycles. The predicted octanol–water partition coefficient (Wildman–Crippen LogP) is 2.71. The standard InChI is InChI=1S/C9H16ClN3/c1-8(2,3)9(4,5)13-6-11-12-7(13)10/h6H,1-5H3. The fraction of sp³-hybridized carbons (Fsp3) is 0.778. The molecule has 3 nitrogen and oxygen atoms in total. The van der Waals surface area contributed by atoms with E-state index in [1.165, 1.54) is 0 Å². The van der Waals surface area contributed by atoms with Crippen molar-refractivity contribution in [3.63, 3.8) is 0 Å². The average Bonchev–Trinajstić information content (AvgIpc) is 2.32. The number of hydrogen-bond donors (Lipinski definition) is 0. The van der Waals surface area contributed by atoms with Crippen LogP contribution in [0.5, 0.6) is 0 Å². The van der Waals surface area contributed by atoms with Crippen LogP contribution in [0, 0.1) is 5.41 Å². The zero-order valence-corrected chi connectivity index (χ0v) is 9.55. The minimum Gasteiger partial charge on any atom is -0.298 e. The summed E-state index contributed by atoms with van der Waals surface area (Å²) in [5.41, 5.74) is 0.0204. The fourth-order valence-electron chi connectivity index (χ4n) is 0.957. The van der Waals surface area contributed by atoms with E-state index < -0.39 is 0 Å². The van der Waals surface area contributed by atoms with Crippen LogP contribution in [0.15, 0.2) is 6.33 Å². The molecule has 1 aromatic heterocycles. The summed E-state index contributed by atoms with van der Waals surface area (Å²) < 4.78 is 1.90. The van der Waals surface area contributed by atoms with E-state index in [9.17, 15) is 0 Å². The van der Waals surface area contributed by atoms with E-state index in [1.807, 2.05) is 4.57 Å². The van der Waals surface area contributed by atoms with Crippen molar-refractivity contribution >= 4 is 11.6 Å². The van der Waals surface area contributed by atoms with E-state index in [4.69, 9.17) is 11.6 Å². The minimum atomic E-state index is -0.0897. The summed E-state index contributed by atoms with van der Waals surface area (Å²) in [6.07, 6.45) is 1.67. The highest BCUT2D eigenvalue weighted by Crippen LogP contribution is 2.37. The average molecular weight is 202 g/mol. The van der Waals surface area contributed by atoms with Crippen LogP contribution in [-0.4, -0.2) is 14.8 Å². The minimum absolute atomic E-state index is 0.0897. The first-order chi connectivity index (χ1) is 5.77. The molecule has 0 saturated carbocycles. The lowest BCUT2D eigenvalue weighted by Crippen LogP contribution is -2.39. The van der Waals surface area contributed by atoms with Crippen LogP contribution in [-0.2, 0) is 5.54 Å². The molecule has 0 fully saturated rings. The first kappa shape index (κ1) is 10.5. The molecule has 0 amide bonds. The van der Waals surface area contributed by atoms with Gasteiger partial charge < -0.3 is 0 Å². The van der Waals surface area contributed by atoms with Crippen LogP contribution in [0.3, 0.4) is 0 Å². The van der Waals surface area contributed by atoms with Gasteiger partial charge in [-0.25, -0.2) is 0 Å². The van der Waals surface area contributed by atoms with Crippen LogP contribution in [0.25, 0.3) is 0 Å². The normalized spacial score (nSPS) is 13.4. The van der Waals surface area contributed by atoms with Crippen LogP contribution >= 0.6 is 11.6 Å². The number of hydrogen-bond acceptors (Lipinski definition) is 2. The van der Waals surface area contributed by atoms with Crippen molar-refractivity contribution in [1.82, 2.24) is 14.8 Å². The quantitative estimate of drug-likeness (QED) is 0.700. The van der Waals surface area contributed by atoms with Crippen LogP contribution in [0.4, 0.5) is 0 Å². The molecule has 0 aromatic carbocycles. The first-order valence-corrected chi connectivity index (χ1v) is 4.70. The van der Waals surface area contributed by atoms with E-state index in [0.717, 1.165) is 0 Å². The van der Waals surface area contributed by atoms with Gasteiger partial charge in [0.2, 0.25) is 5.28 Å². The molecule has 0 bridgehead atoms. The lowest BCUT2D eigenvalue weighted by Gasteiger charge is -2.39. The van der Waals surface area contributed by atoms with Crippen molar-refractivity contribution in [2.24, 2.45) is 5.41 Å². The molecular weight excluding hydrogens is 186 g/mol. The van der Waals surface area contributed by atoms with Crippen LogP contribution in [0.1, 0.15) is 34.6 Å². The molecule has 0 radical (unpaired) electrons. The molecule has 0 unspecified atom stereocenters. The zero-order valence-electron chi connectivity index (χ0n) is 8.80. The summed E-state index contributed by atoms with van der Waals surface area (Å²) >= 11 is 5.92. The second kappa shape index (κ2) is 2.98. The summed E-state index contributed by atoms with van der Waals surface area (Å²) in [6, 6.07) is 0. The Morgan fingerprint density at radius 1 is 1.23 bits per heavy atom. The predicted molar refractivity (Wildman–Crippen MR) is 53.8 cm³/mol. The third-order valence-corrected chi connectivity index (χ3v) is 3.20. The van der Waals surface area contributed by atoms with Gasteiger partial charge >= 0.3 is 0 Å². The van der Waals surface area contributed by atoms with Gasteiger partial charge in [0.1, 0.15) is 6.33 Å². The van der Waals surface area contributed by atoms with Crippen LogP contribution < -0.4 is 0 Å². The Kier molecular flexibility index (Phi) is 2.41. The van der Waals surface area contributed by atoms with Gasteiger partial charge in [0.25, 0.3) is 0 Å². The fourth-order valence-corrected chi connectivity index (χ4v) is 1.26. The Bertz CT molecular complexity index is 296. The Balaban J connectivity index is 3.15. The highest BCUT2D eigenvalue weighted by Gasteiger charge is 2.35. The summed E-state index contributed by atoms with van der Waals surface area (Å²) in [5.74, 6) is 0. The van der Waals surface area contributed by atoms with Crippen LogP contribution in [0.2, 0.25) is 5.28 Å². The van der Waals surface area contributed by atoms with Crippen molar-refractivity contribution < 1.29 is 0 Å². The molecule has 74 valence electrons. The molecule has 1 heterocycles. The van der Waals surface area contributed by atoms with E-state index in [1.54, 1.807) is 6.33 Å². The molecule has 0 aliphatic heterocycles. The Labute approximate surface area is 84.1 Å². The molecular formula is C9H16ClN3. The van der Waals surface area contributed by atoms with Gasteiger partial charge in [-0.1, -0.05) is 20.8 Å². The van der Waals surface area contributed by atoms with Crippen molar-refractivity contribution in [1.29, 1.82) is 0 Å². The van der Waals surface area contributed by atoms with E-state index in [0.29, 0.717) is 5.28 Å². The maximum absolute atomic E-state index is 5.92. The van der Waals surface area contributed by atoms with Crippen molar-refractivity contribution in [2.75, 3.05) is 0 Å². The molecule has 0 spiro atoms. The lowest BCUT2D eigenvalue weighted by molar-refractivity contribution is 0.140. The third-order valence-electron chi connectivity index (χ3n) is 2.94. The van der Waals surface area contributed by atoms with E-state index in [2.05, 4.69) is 44.8 Å². The van der Waals surface area contributed by atoms with Gasteiger partial charge in [0.15, 0.2) is 0 Å². The molecule has 1 rings (SSSR count). The summed E-state index contributed by atoms with van der Waals surface area (Å²) in [4.78, 5) is 0. The summed E-state index contributed by atoms with van der Waals surface area (Å²) in [5, 5.41) is 8.00. The molecule has 4 heteroatoms. The maximum atomic E-state index is 5.92. The topological polar surface area (TPSA) is 30.7 Å². The Hall–Kier alpha value is -0.570.